The van der Waals surface area contributed by atoms with E-state index in [0.29, 0.717) is 19.2 Å². The summed E-state index contributed by atoms with van der Waals surface area (Å²) in [7, 11) is 0. The zero-order valence-electron chi connectivity index (χ0n) is 21.0. The standard InChI is InChI=1S/2C13H15.2CH3.2ClH.Hf.H2Si/c2*1-9(2)12-6-4-5-11-7-10(3)8-13(11)12;;;;;;/h2*4-9H,1-3H3;2*1H3;2*1H;;1H2. The van der Waals surface area contributed by atoms with Gasteiger partial charge >= 0.3 is 187 Å². The molecule has 0 nitrogen and oxygen atoms in total. The number of halogens is 2. The van der Waals surface area contributed by atoms with Gasteiger partial charge in [0, 0.05) is 0 Å². The first-order valence-corrected chi connectivity index (χ1v) is 31.3. The minimum atomic E-state index is -3.46. The maximum atomic E-state index is 2.74. The van der Waals surface area contributed by atoms with E-state index in [9.17, 15) is 0 Å². The van der Waals surface area contributed by atoms with E-state index in [1.54, 1.807) is 22.3 Å². The smallest absolute Gasteiger partial charge is 0.147 e. The first-order valence-electron chi connectivity index (χ1n) is 11.6. The van der Waals surface area contributed by atoms with Crippen LogP contribution >= 0.6 is 24.8 Å². The molecule has 0 heterocycles. The van der Waals surface area contributed by atoms with E-state index in [1.807, 2.05) is 0 Å². The van der Waals surface area contributed by atoms with Gasteiger partial charge in [-0.2, -0.15) is 0 Å². The summed E-state index contributed by atoms with van der Waals surface area (Å²) in [4.78, 5) is 0. The Morgan fingerprint density at radius 1 is 0.688 bits per heavy atom. The van der Waals surface area contributed by atoms with Crippen molar-refractivity contribution >= 4 is 43.9 Å². The van der Waals surface area contributed by atoms with Crippen molar-refractivity contribution in [2.75, 3.05) is 0 Å². The van der Waals surface area contributed by atoms with Crippen LogP contribution in [0.3, 0.4) is 0 Å². The molecule has 2 aliphatic carbocycles. The van der Waals surface area contributed by atoms with E-state index in [-0.39, 0.29) is 24.8 Å². The number of rotatable bonds is 4. The summed E-state index contributed by atoms with van der Waals surface area (Å²) in [6.45, 7) is 16.6. The molecule has 0 fully saturated rings. The number of allylic oxidation sites excluding steroid dienone is 2. The Hall–Kier alpha value is -0.413. The van der Waals surface area contributed by atoms with Crippen molar-refractivity contribution in [1.82, 2.24) is 0 Å². The van der Waals surface area contributed by atoms with Crippen LogP contribution in [0.15, 0.2) is 47.5 Å². The Bertz CT molecular complexity index is 1080. The fourth-order valence-corrected chi connectivity index (χ4v) is 37.4. The van der Waals surface area contributed by atoms with Crippen LogP contribution < -0.4 is 0 Å². The summed E-state index contributed by atoms with van der Waals surface area (Å²) in [5.41, 5.74) is 12.6. The molecule has 2 unspecified atom stereocenters. The van der Waals surface area contributed by atoms with Crippen molar-refractivity contribution in [2.45, 2.75) is 70.1 Å². The molecule has 174 valence electrons. The molecular weight excluding hydrogens is 614 g/mol. The molecule has 32 heavy (non-hydrogen) atoms. The van der Waals surface area contributed by atoms with Crippen molar-refractivity contribution in [3.05, 3.63) is 80.9 Å². The second-order valence-corrected chi connectivity index (χ2v) is 55.1. The van der Waals surface area contributed by atoms with E-state index in [1.165, 1.54) is 22.3 Å². The van der Waals surface area contributed by atoms with Crippen LogP contribution in [0.25, 0.3) is 12.2 Å². The number of hydrogen-bond donors (Lipinski definition) is 0. The van der Waals surface area contributed by atoms with Crippen molar-refractivity contribution in [3.8, 4) is 0 Å². The second kappa shape index (κ2) is 9.32. The van der Waals surface area contributed by atoms with Crippen molar-refractivity contribution in [3.63, 3.8) is 0 Å². The number of fused-ring (bicyclic) bond motifs is 2. The zero-order valence-corrected chi connectivity index (χ0v) is 27.6. The Morgan fingerprint density at radius 2 is 1.03 bits per heavy atom. The molecule has 0 spiro atoms. The van der Waals surface area contributed by atoms with Gasteiger partial charge in [-0.1, -0.05) is 0 Å². The van der Waals surface area contributed by atoms with Crippen LogP contribution in [0.1, 0.15) is 94.1 Å². The Balaban J connectivity index is 0.00000181. The molecule has 2 aromatic rings. The van der Waals surface area contributed by atoms with Crippen LogP contribution in [0.2, 0.25) is 9.36 Å². The van der Waals surface area contributed by atoms with Crippen molar-refractivity contribution < 1.29 is 17.1 Å². The number of hydrogen-bond acceptors (Lipinski definition) is 0. The van der Waals surface area contributed by atoms with Crippen LogP contribution in [-0.4, -0.2) is 6.94 Å². The first kappa shape index (κ1) is 27.8. The van der Waals surface area contributed by atoms with E-state index in [2.05, 4.69) is 106 Å². The average molecular weight is 654 g/mol. The summed E-state index contributed by atoms with van der Waals surface area (Å²) in [5.74, 6) is 1.14. The first-order chi connectivity index (χ1) is 13.9. The fraction of sp³-hybridized carbons (Fsp3) is 0.429. The Labute approximate surface area is 210 Å². The summed E-state index contributed by atoms with van der Waals surface area (Å²) in [5, 5.41) is 0. The molecule has 0 aromatic heterocycles. The second-order valence-electron chi connectivity index (χ2n) is 11.6. The molecule has 0 saturated heterocycles. The third kappa shape index (κ3) is 4.23. The van der Waals surface area contributed by atoms with Gasteiger partial charge in [0.2, 0.25) is 0 Å². The average Bonchev–Trinajstić information content (AvgIpc) is 3.16. The molecule has 4 rings (SSSR count). The topological polar surface area (TPSA) is 0 Å². The van der Waals surface area contributed by atoms with E-state index >= 15 is 0 Å². The summed E-state index contributed by atoms with van der Waals surface area (Å²) in [6.07, 6.45) is 5.07. The van der Waals surface area contributed by atoms with Crippen LogP contribution in [0.4, 0.5) is 0 Å². The molecule has 2 atom stereocenters. The van der Waals surface area contributed by atoms with Gasteiger partial charge < -0.3 is 0 Å². The van der Waals surface area contributed by atoms with Gasteiger partial charge in [0.05, 0.1) is 0 Å². The van der Waals surface area contributed by atoms with Gasteiger partial charge in [0.15, 0.2) is 0 Å². The van der Waals surface area contributed by atoms with Crippen molar-refractivity contribution in [1.29, 1.82) is 0 Å². The fourth-order valence-electron chi connectivity index (χ4n) is 6.84. The molecule has 0 N–H and O–H groups in total. The molecule has 0 amide bonds. The van der Waals surface area contributed by atoms with Crippen LogP contribution in [0.5, 0.6) is 0 Å². The molecule has 2 aromatic carbocycles. The monoisotopic (exact) mass is 654 g/mol. The number of benzene rings is 2. The summed E-state index contributed by atoms with van der Waals surface area (Å²) in [6, 6.07) is 14.2. The predicted octanol–water partition coefficient (Wildman–Crippen LogP) is 8.73. The minimum absolute atomic E-state index is 0. The molecular formula is C28H40Cl2HfSi. The van der Waals surface area contributed by atoms with Gasteiger partial charge in [-0.05, 0) is 0 Å². The van der Waals surface area contributed by atoms with Crippen LogP contribution in [0, 0.1) is 0 Å². The van der Waals surface area contributed by atoms with E-state index in [0.717, 1.165) is 0 Å². The minimum Gasteiger partial charge on any atom is -0.147 e. The van der Waals surface area contributed by atoms with Gasteiger partial charge in [0.25, 0.3) is 0 Å². The largest absolute Gasteiger partial charge is 0.147 e. The van der Waals surface area contributed by atoms with Crippen LogP contribution in [-0.2, 0) is 17.1 Å². The quantitative estimate of drug-likeness (QED) is 0.290. The van der Waals surface area contributed by atoms with Crippen molar-refractivity contribution in [2.24, 2.45) is 0 Å². The summed E-state index contributed by atoms with van der Waals surface area (Å²) < 4.78 is 6.76. The SMILES string of the molecule is CC1=Cc2c(C(C)C)cccc2[CH]1[Hf]([CH3])([CH3])(=[SiH2])[CH]1C(C)=Cc2c(C(C)C)cccc21.Cl.Cl. The molecule has 4 heteroatoms. The van der Waals surface area contributed by atoms with Gasteiger partial charge in [-0.3, -0.25) is 0 Å². The maximum absolute atomic E-state index is 3.46. The molecule has 0 radical (unpaired) electrons. The van der Waals surface area contributed by atoms with E-state index < -0.39 is 17.1 Å². The van der Waals surface area contributed by atoms with E-state index in [4.69, 9.17) is 0 Å². The third-order valence-electron chi connectivity index (χ3n) is 7.76. The Kier molecular flexibility index (Phi) is 8.11. The predicted molar refractivity (Wildman–Crippen MR) is 149 cm³/mol. The van der Waals surface area contributed by atoms with Gasteiger partial charge in [-0.15, -0.1) is 24.8 Å². The molecule has 0 saturated carbocycles. The normalized spacial score (nSPS) is 19.7. The summed E-state index contributed by atoms with van der Waals surface area (Å²) >= 11 is -3.46. The van der Waals surface area contributed by atoms with Gasteiger partial charge in [-0.25, -0.2) is 0 Å². The molecule has 0 bridgehead atoms. The van der Waals surface area contributed by atoms with Gasteiger partial charge in [0.1, 0.15) is 0 Å². The maximum Gasteiger partial charge on any atom is -0.147 e. The zero-order chi connectivity index (χ0) is 22.0. The molecule has 2 aliphatic rings. The third-order valence-corrected chi connectivity index (χ3v) is 33.6. The molecule has 0 aliphatic heterocycles. The Morgan fingerprint density at radius 3 is 1.34 bits per heavy atom.